The molecule has 1 heterocycles. The average Bonchev–Trinajstić information content (AvgIpc) is 2.95. The van der Waals surface area contributed by atoms with Gasteiger partial charge in [0.1, 0.15) is 0 Å². The van der Waals surface area contributed by atoms with Gasteiger partial charge < -0.3 is 0 Å². The van der Waals surface area contributed by atoms with E-state index in [4.69, 9.17) is 0 Å². The first-order valence-electron chi connectivity index (χ1n) is 8.28. The van der Waals surface area contributed by atoms with E-state index in [0.717, 1.165) is 15.3 Å². The Bertz CT molecular complexity index is 873. The van der Waals surface area contributed by atoms with Gasteiger partial charge in [-0.1, -0.05) is 36.8 Å². The lowest BCUT2D eigenvalue weighted by molar-refractivity contribution is 0.420. The molecule has 2 aromatic carbocycles. The van der Waals surface area contributed by atoms with E-state index < -0.39 is 11.6 Å². The normalized spacial score (nSPS) is 14.6. The molecule has 1 fully saturated rings. The summed E-state index contributed by atoms with van der Waals surface area (Å²) >= 11 is 1.47. The van der Waals surface area contributed by atoms with Gasteiger partial charge in [0.05, 0.1) is 0 Å². The first kappa shape index (κ1) is 15.5. The minimum atomic E-state index is -0.769. The van der Waals surface area contributed by atoms with Gasteiger partial charge in [-0.25, -0.2) is 8.78 Å². The molecule has 0 N–H and O–H groups in total. The summed E-state index contributed by atoms with van der Waals surface area (Å²) in [7, 11) is 0. The molecule has 0 saturated heterocycles. The first-order valence-corrected chi connectivity index (χ1v) is 9.10. The highest BCUT2D eigenvalue weighted by atomic mass is 32.1. The predicted molar refractivity (Wildman–Crippen MR) is 96.4 cm³/mol. The first-order chi connectivity index (χ1) is 11.6. The van der Waals surface area contributed by atoms with Crippen LogP contribution in [0.25, 0.3) is 21.6 Å². The van der Waals surface area contributed by atoms with Gasteiger partial charge in [-0.05, 0) is 55.0 Å². The molecule has 24 heavy (non-hydrogen) atoms. The third kappa shape index (κ3) is 2.67. The molecular weight excluding hydrogens is 322 g/mol. The Labute approximate surface area is 144 Å². The Balaban J connectivity index is 1.69. The molecule has 122 valence electrons. The van der Waals surface area contributed by atoms with Gasteiger partial charge >= 0.3 is 0 Å². The van der Waals surface area contributed by atoms with Crippen molar-refractivity contribution in [2.24, 2.45) is 0 Å². The molecule has 0 nitrogen and oxygen atoms in total. The Hall–Kier alpha value is -2.00. The largest absolute Gasteiger partial charge is 0.203 e. The van der Waals surface area contributed by atoms with Gasteiger partial charge in [0.15, 0.2) is 11.6 Å². The molecule has 1 aromatic heterocycles. The van der Waals surface area contributed by atoms with Crippen molar-refractivity contribution in [2.45, 2.75) is 32.1 Å². The Morgan fingerprint density at radius 3 is 2.08 bits per heavy atom. The number of halogens is 2. The highest BCUT2D eigenvalue weighted by Crippen LogP contribution is 2.38. The lowest BCUT2D eigenvalue weighted by atomic mass is 9.80. The van der Waals surface area contributed by atoms with Gasteiger partial charge in [0, 0.05) is 20.9 Å². The maximum absolute atomic E-state index is 14.6. The molecule has 0 bridgehead atoms. The maximum atomic E-state index is 14.6. The molecule has 1 aliphatic rings. The van der Waals surface area contributed by atoms with Crippen LogP contribution in [0, 0.1) is 18.6 Å². The van der Waals surface area contributed by atoms with Crippen molar-refractivity contribution in [3.05, 3.63) is 70.6 Å². The second-order valence-corrected chi connectivity index (χ2v) is 7.74. The molecule has 1 aliphatic carbocycles. The van der Waals surface area contributed by atoms with E-state index in [2.05, 4.69) is 0 Å². The SMILES string of the molecule is Cc1ccc(-c2ccc(-c3ccc(C4CCC4)cc3)c(F)c2F)s1. The van der Waals surface area contributed by atoms with Crippen LogP contribution in [0.2, 0.25) is 0 Å². The third-order valence-corrected chi connectivity index (χ3v) is 5.92. The van der Waals surface area contributed by atoms with Crippen LogP contribution in [-0.2, 0) is 0 Å². The summed E-state index contributed by atoms with van der Waals surface area (Å²) in [6.45, 7) is 1.96. The van der Waals surface area contributed by atoms with Gasteiger partial charge in [-0.15, -0.1) is 11.3 Å². The maximum Gasteiger partial charge on any atom is 0.168 e. The number of rotatable bonds is 3. The van der Waals surface area contributed by atoms with Crippen molar-refractivity contribution in [3.8, 4) is 21.6 Å². The fraction of sp³-hybridized carbons (Fsp3) is 0.238. The number of hydrogen-bond donors (Lipinski definition) is 0. The van der Waals surface area contributed by atoms with Crippen molar-refractivity contribution < 1.29 is 8.78 Å². The molecule has 3 heteroatoms. The van der Waals surface area contributed by atoms with Gasteiger partial charge in [-0.2, -0.15) is 0 Å². The molecule has 0 aliphatic heterocycles. The minimum absolute atomic E-state index is 0.324. The molecule has 0 spiro atoms. The monoisotopic (exact) mass is 340 g/mol. The molecule has 0 unspecified atom stereocenters. The number of aryl methyl sites for hydroxylation is 1. The van der Waals surface area contributed by atoms with Crippen molar-refractivity contribution in [1.82, 2.24) is 0 Å². The molecule has 0 atom stereocenters. The van der Waals surface area contributed by atoms with Crippen molar-refractivity contribution >= 4 is 11.3 Å². The quantitative estimate of drug-likeness (QED) is 0.484. The zero-order chi connectivity index (χ0) is 16.7. The standard InChI is InChI=1S/C21H18F2S/c1-13-5-12-19(24-13)18-11-10-17(20(22)21(18)23)16-8-6-15(7-9-16)14-3-2-4-14/h5-12,14H,2-4H2,1H3. The van der Waals surface area contributed by atoms with Crippen LogP contribution >= 0.6 is 11.3 Å². The van der Waals surface area contributed by atoms with E-state index in [0.29, 0.717) is 17.0 Å². The van der Waals surface area contributed by atoms with Crippen LogP contribution in [0.3, 0.4) is 0 Å². The van der Waals surface area contributed by atoms with E-state index >= 15 is 0 Å². The Morgan fingerprint density at radius 2 is 1.50 bits per heavy atom. The minimum Gasteiger partial charge on any atom is -0.203 e. The van der Waals surface area contributed by atoms with Crippen LogP contribution in [-0.4, -0.2) is 0 Å². The molecular formula is C21H18F2S. The summed E-state index contributed by atoms with van der Waals surface area (Å²) in [6.07, 6.45) is 3.75. The molecule has 0 amide bonds. The topological polar surface area (TPSA) is 0 Å². The summed E-state index contributed by atoms with van der Waals surface area (Å²) < 4.78 is 29.2. The van der Waals surface area contributed by atoms with Crippen LogP contribution < -0.4 is 0 Å². The van der Waals surface area contributed by atoms with Gasteiger partial charge in [0.25, 0.3) is 0 Å². The highest BCUT2D eigenvalue weighted by molar-refractivity contribution is 7.15. The number of hydrogen-bond acceptors (Lipinski definition) is 1. The lowest BCUT2D eigenvalue weighted by Gasteiger charge is -2.25. The van der Waals surface area contributed by atoms with E-state index in [9.17, 15) is 8.78 Å². The molecule has 4 rings (SSSR count). The van der Waals surface area contributed by atoms with Crippen molar-refractivity contribution in [3.63, 3.8) is 0 Å². The van der Waals surface area contributed by atoms with E-state index in [1.807, 2.05) is 43.3 Å². The zero-order valence-corrected chi connectivity index (χ0v) is 14.3. The van der Waals surface area contributed by atoms with Crippen LogP contribution in [0.1, 0.15) is 35.6 Å². The number of thiophene rings is 1. The fourth-order valence-corrected chi connectivity index (χ4v) is 4.11. The molecule has 1 saturated carbocycles. The van der Waals surface area contributed by atoms with Gasteiger partial charge in [-0.3, -0.25) is 0 Å². The summed E-state index contributed by atoms with van der Waals surface area (Å²) in [5.41, 5.74) is 2.69. The van der Waals surface area contributed by atoms with Crippen molar-refractivity contribution in [1.29, 1.82) is 0 Å². The Kier molecular flexibility index (Phi) is 3.97. The molecule has 3 aromatic rings. The van der Waals surface area contributed by atoms with Crippen LogP contribution in [0.5, 0.6) is 0 Å². The van der Waals surface area contributed by atoms with E-state index in [1.54, 1.807) is 12.1 Å². The molecule has 0 radical (unpaired) electrons. The summed E-state index contributed by atoms with van der Waals surface area (Å²) in [4.78, 5) is 1.84. The summed E-state index contributed by atoms with van der Waals surface area (Å²) in [5, 5.41) is 0. The van der Waals surface area contributed by atoms with E-state index in [1.165, 1.54) is 36.2 Å². The number of benzene rings is 2. The highest BCUT2D eigenvalue weighted by Gasteiger charge is 2.20. The van der Waals surface area contributed by atoms with E-state index in [-0.39, 0.29) is 0 Å². The lowest BCUT2D eigenvalue weighted by Crippen LogP contribution is -2.08. The second kappa shape index (κ2) is 6.14. The summed E-state index contributed by atoms with van der Waals surface area (Å²) in [6, 6.07) is 15.0. The zero-order valence-electron chi connectivity index (χ0n) is 13.5. The smallest absolute Gasteiger partial charge is 0.168 e. The van der Waals surface area contributed by atoms with Crippen LogP contribution in [0.4, 0.5) is 8.78 Å². The van der Waals surface area contributed by atoms with Crippen LogP contribution in [0.15, 0.2) is 48.5 Å². The second-order valence-electron chi connectivity index (χ2n) is 6.45. The Morgan fingerprint density at radius 1 is 0.833 bits per heavy atom. The predicted octanol–water partition coefficient (Wildman–Crippen LogP) is 6.94. The summed E-state index contributed by atoms with van der Waals surface area (Å²) in [5.74, 6) is -0.891. The average molecular weight is 340 g/mol. The fourth-order valence-electron chi connectivity index (χ4n) is 3.22. The van der Waals surface area contributed by atoms with Crippen molar-refractivity contribution in [2.75, 3.05) is 0 Å². The third-order valence-electron chi connectivity index (χ3n) is 4.89. The van der Waals surface area contributed by atoms with Gasteiger partial charge in [0.2, 0.25) is 0 Å².